The van der Waals surface area contributed by atoms with E-state index in [4.69, 9.17) is 4.52 Å². The zero-order chi connectivity index (χ0) is 33.3. The summed E-state index contributed by atoms with van der Waals surface area (Å²) in [6, 6.07) is -0.761. The first-order valence-electron chi connectivity index (χ1n) is 19.1. The molecule has 0 fully saturated rings. The Morgan fingerprint density at radius 3 is 1.58 bits per heavy atom. The lowest BCUT2D eigenvalue weighted by atomic mass is 10.0. The smallest absolute Gasteiger partial charge is 0.329 e. The lowest BCUT2D eigenvalue weighted by molar-refractivity contribution is -0.122. The first-order chi connectivity index (χ1) is 21.9. The maximum absolute atomic E-state index is 12.7. The van der Waals surface area contributed by atoms with Crippen molar-refractivity contribution in [2.45, 2.75) is 193 Å². The first-order valence-corrected chi connectivity index (χ1v) is 20.9. The van der Waals surface area contributed by atoms with Gasteiger partial charge in [-0.2, -0.15) is 0 Å². The Kier molecular flexibility index (Phi) is 32.7. The van der Waals surface area contributed by atoms with Gasteiger partial charge in [0.1, 0.15) is 0 Å². The van der Waals surface area contributed by atoms with Crippen LogP contribution in [0.4, 0.5) is 0 Å². The Labute approximate surface area is 279 Å². The molecule has 45 heavy (non-hydrogen) atoms. The van der Waals surface area contributed by atoms with Crippen molar-refractivity contribution in [3.05, 3.63) is 12.2 Å². The van der Waals surface area contributed by atoms with E-state index in [1.54, 1.807) is 13.1 Å². The molecule has 8 heteroatoms. The Bertz CT molecular complexity index is 721. The molecule has 0 rings (SSSR count). The van der Waals surface area contributed by atoms with Crippen LogP contribution in [0.3, 0.4) is 0 Å². The van der Waals surface area contributed by atoms with Crippen molar-refractivity contribution < 1.29 is 23.9 Å². The third-order valence-electron chi connectivity index (χ3n) is 8.67. The SMILES string of the molecule is CCCCCCCCCCCCCC=CC(O)C(COP(=O)(O)CCNC)NC(=O)CCCCCCCCCCCCCCC. The van der Waals surface area contributed by atoms with E-state index in [-0.39, 0.29) is 18.7 Å². The number of carbonyl (C=O) groups is 1. The van der Waals surface area contributed by atoms with Crippen molar-refractivity contribution in [3.63, 3.8) is 0 Å². The molecule has 0 saturated heterocycles. The molecule has 0 aliphatic carbocycles. The van der Waals surface area contributed by atoms with E-state index < -0.39 is 19.7 Å². The van der Waals surface area contributed by atoms with Crippen LogP contribution >= 0.6 is 7.60 Å². The largest absolute Gasteiger partial charge is 0.387 e. The van der Waals surface area contributed by atoms with Gasteiger partial charge >= 0.3 is 7.60 Å². The summed E-state index contributed by atoms with van der Waals surface area (Å²) in [6.07, 6.45) is 34.4. The first kappa shape index (κ1) is 44.3. The molecule has 0 spiro atoms. The van der Waals surface area contributed by atoms with E-state index in [9.17, 15) is 19.4 Å². The van der Waals surface area contributed by atoms with Crippen molar-refractivity contribution in [1.82, 2.24) is 10.6 Å². The van der Waals surface area contributed by atoms with E-state index in [1.165, 1.54) is 128 Å². The third kappa shape index (κ3) is 31.6. The number of unbranched alkanes of at least 4 members (excludes halogenated alkanes) is 23. The average molecular weight is 659 g/mol. The lowest BCUT2D eigenvalue weighted by Crippen LogP contribution is -2.45. The normalized spacial score (nSPS) is 14.5. The second-order valence-corrected chi connectivity index (χ2v) is 15.2. The summed E-state index contributed by atoms with van der Waals surface area (Å²) in [6.45, 7) is 4.66. The van der Waals surface area contributed by atoms with Crippen molar-refractivity contribution in [1.29, 1.82) is 0 Å². The van der Waals surface area contributed by atoms with Crippen LogP contribution in [0.2, 0.25) is 0 Å². The van der Waals surface area contributed by atoms with Crippen LogP contribution in [0.5, 0.6) is 0 Å². The van der Waals surface area contributed by atoms with Gasteiger partial charge in [0.2, 0.25) is 5.91 Å². The molecule has 268 valence electrons. The molecule has 1 amide bonds. The molecule has 0 aliphatic heterocycles. The molecule has 3 unspecified atom stereocenters. The quantitative estimate of drug-likeness (QED) is 0.0307. The van der Waals surface area contributed by atoms with Crippen LogP contribution in [-0.4, -0.2) is 54.4 Å². The number of aliphatic hydroxyl groups excluding tert-OH is 1. The van der Waals surface area contributed by atoms with Crippen molar-refractivity contribution in [2.75, 3.05) is 26.4 Å². The summed E-state index contributed by atoms with van der Waals surface area (Å²) in [7, 11) is -2.09. The van der Waals surface area contributed by atoms with E-state index in [0.717, 1.165) is 32.1 Å². The van der Waals surface area contributed by atoms with Crippen molar-refractivity contribution in [2.24, 2.45) is 0 Å². The molecule has 0 heterocycles. The summed E-state index contributed by atoms with van der Waals surface area (Å²) >= 11 is 0. The fourth-order valence-electron chi connectivity index (χ4n) is 5.62. The Balaban J connectivity index is 4.31. The summed E-state index contributed by atoms with van der Waals surface area (Å²) in [5.74, 6) is -0.146. The highest BCUT2D eigenvalue weighted by molar-refractivity contribution is 7.52. The van der Waals surface area contributed by atoms with E-state index in [0.29, 0.717) is 13.0 Å². The van der Waals surface area contributed by atoms with Gasteiger partial charge in [-0.1, -0.05) is 167 Å². The number of amides is 1. The third-order valence-corrected chi connectivity index (χ3v) is 10.0. The molecule has 0 radical (unpaired) electrons. The lowest BCUT2D eigenvalue weighted by Gasteiger charge is -2.23. The zero-order valence-corrected chi connectivity index (χ0v) is 30.8. The van der Waals surface area contributed by atoms with Crippen LogP contribution in [0.15, 0.2) is 12.2 Å². The van der Waals surface area contributed by atoms with Crippen LogP contribution in [-0.2, 0) is 13.9 Å². The molecule has 0 aromatic rings. The number of allylic oxidation sites excluding steroid dienone is 1. The van der Waals surface area contributed by atoms with Crippen LogP contribution < -0.4 is 10.6 Å². The second-order valence-electron chi connectivity index (χ2n) is 13.2. The molecule has 0 aliphatic rings. The Hall–Kier alpha value is -0.720. The van der Waals surface area contributed by atoms with Gasteiger partial charge in [0, 0.05) is 13.0 Å². The van der Waals surface area contributed by atoms with Gasteiger partial charge in [0.15, 0.2) is 0 Å². The zero-order valence-electron chi connectivity index (χ0n) is 29.9. The van der Waals surface area contributed by atoms with Gasteiger partial charge in [-0.05, 0) is 26.3 Å². The van der Waals surface area contributed by atoms with Gasteiger partial charge in [-0.25, -0.2) is 0 Å². The predicted octanol–water partition coefficient (Wildman–Crippen LogP) is 9.99. The molecule has 0 bridgehead atoms. The minimum Gasteiger partial charge on any atom is -0.387 e. The van der Waals surface area contributed by atoms with Gasteiger partial charge in [0.25, 0.3) is 0 Å². The van der Waals surface area contributed by atoms with Gasteiger partial charge in [-0.3, -0.25) is 9.36 Å². The molecule has 7 nitrogen and oxygen atoms in total. The number of carbonyl (C=O) groups excluding carboxylic acids is 1. The molecule has 0 aromatic heterocycles. The number of nitrogens with one attached hydrogen (secondary N) is 2. The molecule has 0 aromatic carbocycles. The van der Waals surface area contributed by atoms with Gasteiger partial charge in [-0.15, -0.1) is 0 Å². The Morgan fingerprint density at radius 2 is 1.13 bits per heavy atom. The van der Waals surface area contributed by atoms with Crippen molar-refractivity contribution >= 4 is 13.5 Å². The van der Waals surface area contributed by atoms with E-state index in [2.05, 4.69) is 24.5 Å². The highest BCUT2D eigenvalue weighted by atomic mass is 31.2. The topological polar surface area (TPSA) is 108 Å². The van der Waals surface area contributed by atoms with Crippen LogP contribution in [0, 0.1) is 0 Å². The van der Waals surface area contributed by atoms with Gasteiger partial charge < -0.3 is 25.2 Å². The number of hydrogen-bond acceptors (Lipinski definition) is 5. The fraction of sp³-hybridized carbons (Fsp3) is 0.919. The highest BCUT2D eigenvalue weighted by Gasteiger charge is 2.25. The maximum atomic E-state index is 12.7. The number of hydrogen-bond donors (Lipinski definition) is 4. The molecule has 3 atom stereocenters. The van der Waals surface area contributed by atoms with Crippen LogP contribution in [0.25, 0.3) is 0 Å². The van der Waals surface area contributed by atoms with E-state index in [1.807, 2.05) is 6.08 Å². The molecule has 4 N–H and O–H groups in total. The number of rotatable bonds is 35. The summed E-state index contributed by atoms with van der Waals surface area (Å²) < 4.78 is 17.7. The predicted molar refractivity (Wildman–Crippen MR) is 193 cm³/mol. The maximum Gasteiger partial charge on any atom is 0.329 e. The monoisotopic (exact) mass is 659 g/mol. The molecular weight excluding hydrogens is 583 g/mol. The standard InChI is InChI=1S/C37H75N2O5P/c1-4-6-8-10-12-14-16-18-20-22-24-26-28-30-36(40)35(34-44-45(42,43)33-32-38-3)39-37(41)31-29-27-25-23-21-19-17-15-13-11-9-7-5-2/h28,30,35-36,38,40H,4-27,29,31-34H2,1-3H3,(H,39,41)(H,42,43). The average Bonchev–Trinajstić information content (AvgIpc) is 3.02. The van der Waals surface area contributed by atoms with E-state index >= 15 is 0 Å². The summed E-state index contributed by atoms with van der Waals surface area (Å²) in [5, 5.41) is 16.5. The highest BCUT2D eigenvalue weighted by Crippen LogP contribution is 2.41. The number of aliphatic hydroxyl groups is 1. The van der Waals surface area contributed by atoms with Crippen molar-refractivity contribution in [3.8, 4) is 0 Å². The van der Waals surface area contributed by atoms with Gasteiger partial charge in [0.05, 0.1) is 24.9 Å². The van der Waals surface area contributed by atoms with Crippen LogP contribution in [0.1, 0.15) is 181 Å². The Morgan fingerprint density at radius 1 is 0.711 bits per heavy atom. The fourth-order valence-corrected chi connectivity index (χ4v) is 6.65. The summed E-state index contributed by atoms with van der Waals surface area (Å²) in [4.78, 5) is 22.8. The summed E-state index contributed by atoms with van der Waals surface area (Å²) in [5.41, 5.74) is 0. The second kappa shape index (κ2) is 33.2. The molecule has 0 saturated carbocycles. The minimum absolute atomic E-state index is 0.0199. The molecular formula is C37H75N2O5P. The minimum atomic E-state index is -3.81.